The van der Waals surface area contributed by atoms with E-state index in [0.717, 1.165) is 23.6 Å². The maximum absolute atomic E-state index is 5.32. The number of nitrogen functional groups attached to an aromatic ring is 1. The third-order valence-corrected chi connectivity index (χ3v) is 5.19. The van der Waals surface area contributed by atoms with Gasteiger partial charge in [-0.15, -0.1) is 0 Å². The van der Waals surface area contributed by atoms with E-state index in [1.807, 2.05) is 6.07 Å². The number of halogens is 4. The SMILES string of the molecule is NNc1c(Br)cc(Br)c(Br)c1Br. The van der Waals surface area contributed by atoms with Crippen LogP contribution in [0.4, 0.5) is 5.69 Å². The highest BCUT2D eigenvalue weighted by molar-refractivity contribution is 9.14. The van der Waals surface area contributed by atoms with Crippen LogP contribution in [0, 0.1) is 0 Å². The molecule has 0 saturated heterocycles. The van der Waals surface area contributed by atoms with Gasteiger partial charge in [-0.05, 0) is 69.8 Å². The first-order valence-electron chi connectivity index (χ1n) is 2.87. The predicted molar refractivity (Wildman–Crippen MR) is 65.1 cm³/mol. The van der Waals surface area contributed by atoms with Gasteiger partial charge in [0.25, 0.3) is 0 Å². The molecule has 0 aliphatic rings. The fourth-order valence-corrected chi connectivity index (χ4v) is 3.36. The van der Waals surface area contributed by atoms with Gasteiger partial charge in [0.1, 0.15) is 0 Å². The normalized spacial score (nSPS) is 10.1. The Labute approximate surface area is 104 Å². The van der Waals surface area contributed by atoms with E-state index in [9.17, 15) is 0 Å². The molecule has 0 aromatic heterocycles. The summed E-state index contributed by atoms with van der Waals surface area (Å²) in [4.78, 5) is 0. The molecular weight excluding hydrogens is 420 g/mol. The number of hydrazine groups is 1. The number of nitrogens with two attached hydrogens (primary N) is 1. The van der Waals surface area contributed by atoms with E-state index < -0.39 is 0 Å². The van der Waals surface area contributed by atoms with Crippen LogP contribution in [0.2, 0.25) is 0 Å². The Balaban J connectivity index is 3.40. The highest BCUT2D eigenvalue weighted by atomic mass is 79.9. The molecule has 2 nitrogen and oxygen atoms in total. The van der Waals surface area contributed by atoms with Crippen molar-refractivity contribution in [3.8, 4) is 0 Å². The molecule has 0 radical (unpaired) electrons. The predicted octanol–water partition coefficient (Wildman–Crippen LogP) is 4.02. The van der Waals surface area contributed by atoms with Crippen LogP contribution in [0.3, 0.4) is 0 Å². The number of benzene rings is 1. The number of hydrogen-bond acceptors (Lipinski definition) is 2. The average molecular weight is 424 g/mol. The molecule has 12 heavy (non-hydrogen) atoms. The lowest BCUT2D eigenvalue weighted by Crippen LogP contribution is -2.08. The molecule has 0 fully saturated rings. The summed E-state index contributed by atoms with van der Waals surface area (Å²) >= 11 is 13.5. The molecule has 0 saturated carbocycles. The van der Waals surface area contributed by atoms with Crippen molar-refractivity contribution in [2.75, 3.05) is 5.43 Å². The van der Waals surface area contributed by atoms with E-state index in [0.29, 0.717) is 0 Å². The van der Waals surface area contributed by atoms with E-state index in [1.165, 1.54) is 0 Å². The van der Waals surface area contributed by atoms with Gasteiger partial charge >= 0.3 is 0 Å². The zero-order valence-electron chi connectivity index (χ0n) is 5.67. The molecule has 1 aromatic carbocycles. The first-order valence-corrected chi connectivity index (χ1v) is 6.04. The van der Waals surface area contributed by atoms with Crippen molar-refractivity contribution in [3.63, 3.8) is 0 Å². The standard InChI is InChI=1S/C6H4Br4N2/c7-2-1-3(8)6(12-11)5(10)4(2)9/h1,12H,11H2. The Kier molecular flexibility index (Phi) is 4.04. The molecule has 66 valence electrons. The summed E-state index contributed by atoms with van der Waals surface area (Å²) in [5.74, 6) is 5.32. The summed E-state index contributed by atoms with van der Waals surface area (Å²) in [5.41, 5.74) is 3.40. The van der Waals surface area contributed by atoms with E-state index in [-0.39, 0.29) is 0 Å². The third kappa shape index (κ3) is 2.04. The van der Waals surface area contributed by atoms with Crippen LogP contribution in [-0.2, 0) is 0 Å². The zero-order chi connectivity index (χ0) is 9.30. The number of anilines is 1. The fourth-order valence-electron chi connectivity index (χ4n) is 0.699. The van der Waals surface area contributed by atoms with Crippen LogP contribution < -0.4 is 11.3 Å². The van der Waals surface area contributed by atoms with Crippen LogP contribution in [0.1, 0.15) is 0 Å². The van der Waals surface area contributed by atoms with Gasteiger partial charge in [-0.3, -0.25) is 5.84 Å². The molecule has 0 heterocycles. The number of rotatable bonds is 1. The molecule has 0 aliphatic carbocycles. The van der Waals surface area contributed by atoms with Gasteiger partial charge < -0.3 is 5.43 Å². The van der Waals surface area contributed by atoms with Crippen LogP contribution in [0.5, 0.6) is 0 Å². The highest BCUT2D eigenvalue weighted by Crippen LogP contribution is 2.40. The molecule has 1 aromatic rings. The molecule has 0 unspecified atom stereocenters. The van der Waals surface area contributed by atoms with Crippen molar-refractivity contribution >= 4 is 69.4 Å². The largest absolute Gasteiger partial charge is 0.322 e. The molecule has 1 rings (SSSR count). The van der Waals surface area contributed by atoms with Crippen molar-refractivity contribution in [2.45, 2.75) is 0 Å². The average Bonchev–Trinajstić information content (AvgIpc) is 2.01. The highest BCUT2D eigenvalue weighted by Gasteiger charge is 2.10. The van der Waals surface area contributed by atoms with Crippen LogP contribution in [-0.4, -0.2) is 0 Å². The third-order valence-electron chi connectivity index (χ3n) is 1.26. The van der Waals surface area contributed by atoms with Gasteiger partial charge in [0.05, 0.1) is 10.2 Å². The maximum Gasteiger partial charge on any atom is 0.0783 e. The monoisotopic (exact) mass is 420 g/mol. The smallest absolute Gasteiger partial charge is 0.0783 e. The number of hydrogen-bond donors (Lipinski definition) is 2. The Bertz CT molecular complexity index is 313. The molecule has 0 bridgehead atoms. The first-order chi connectivity index (χ1) is 5.57. The molecule has 0 aliphatic heterocycles. The minimum absolute atomic E-state index is 0.810. The minimum atomic E-state index is 0.810. The van der Waals surface area contributed by atoms with Crippen molar-refractivity contribution in [1.82, 2.24) is 0 Å². The maximum atomic E-state index is 5.32. The molecule has 3 N–H and O–H groups in total. The molecule has 6 heteroatoms. The van der Waals surface area contributed by atoms with Crippen LogP contribution >= 0.6 is 63.7 Å². The zero-order valence-corrected chi connectivity index (χ0v) is 12.0. The Morgan fingerprint density at radius 1 is 1.00 bits per heavy atom. The second kappa shape index (κ2) is 4.41. The van der Waals surface area contributed by atoms with E-state index in [4.69, 9.17) is 5.84 Å². The lowest BCUT2D eigenvalue weighted by Gasteiger charge is -2.09. The molecular formula is C6H4Br4N2. The van der Waals surface area contributed by atoms with Crippen molar-refractivity contribution in [1.29, 1.82) is 0 Å². The van der Waals surface area contributed by atoms with Gasteiger partial charge in [0, 0.05) is 13.4 Å². The Morgan fingerprint density at radius 3 is 2.08 bits per heavy atom. The fraction of sp³-hybridized carbons (Fsp3) is 0. The molecule has 0 atom stereocenters. The number of nitrogens with one attached hydrogen (secondary N) is 1. The van der Waals surface area contributed by atoms with E-state index in [2.05, 4.69) is 69.1 Å². The lowest BCUT2D eigenvalue weighted by molar-refractivity contribution is 1.31. The van der Waals surface area contributed by atoms with Crippen molar-refractivity contribution in [3.05, 3.63) is 24.0 Å². The first kappa shape index (κ1) is 11.0. The summed E-state index contributed by atoms with van der Waals surface area (Å²) in [6, 6.07) is 1.91. The van der Waals surface area contributed by atoms with Gasteiger partial charge in [-0.25, -0.2) is 0 Å². The second-order valence-corrected chi connectivity index (χ2v) is 5.28. The summed E-state index contributed by atoms with van der Waals surface area (Å²) in [7, 11) is 0. The summed E-state index contributed by atoms with van der Waals surface area (Å²) in [5, 5.41) is 0. The molecule has 0 amide bonds. The van der Waals surface area contributed by atoms with Gasteiger partial charge in [-0.1, -0.05) is 0 Å². The second-order valence-electron chi connectivity index (χ2n) is 1.99. The van der Waals surface area contributed by atoms with Gasteiger partial charge in [-0.2, -0.15) is 0 Å². The Hall–Kier alpha value is 0.900. The summed E-state index contributed by atoms with van der Waals surface area (Å²) in [6.45, 7) is 0. The van der Waals surface area contributed by atoms with Crippen LogP contribution in [0.15, 0.2) is 24.0 Å². The van der Waals surface area contributed by atoms with Crippen LogP contribution in [0.25, 0.3) is 0 Å². The van der Waals surface area contributed by atoms with E-state index >= 15 is 0 Å². The topological polar surface area (TPSA) is 38.0 Å². The van der Waals surface area contributed by atoms with Crippen molar-refractivity contribution < 1.29 is 0 Å². The Morgan fingerprint density at radius 2 is 1.58 bits per heavy atom. The quantitative estimate of drug-likeness (QED) is 0.310. The molecule has 0 spiro atoms. The van der Waals surface area contributed by atoms with Gasteiger partial charge in [0.15, 0.2) is 0 Å². The lowest BCUT2D eigenvalue weighted by atomic mass is 10.3. The summed E-state index contributed by atoms with van der Waals surface area (Å²) < 4.78 is 3.66. The minimum Gasteiger partial charge on any atom is -0.322 e. The van der Waals surface area contributed by atoms with E-state index in [1.54, 1.807) is 0 Å². The summed E-state index contributed by atoms with van der Waals surface area (Å²) in [6.07, 6.45) is 0. The van der Waals surface area contributed by atoms with Gasteiger partial charge in [0.2, 0.25) is 0 Å². The van der Waals surface area contributed by atoms with Crippen molar-refractivity contribution in [2.24, 2.45) is 5.84 Å².